The average Bonchev–Trinajstić information content (AvgIpc) is 2.74. The molecular formula is C13H16N2. The number of fused-ring (bicyclic) bond motifs is 1. The highest BCUT2D eigenvalue weighted by molar-refractivity contribution is 5.67. The normalized spacial score (nSPS) is 19.9. The third-order valence-corrected chi connectivity index (χ3v) is 3.22. The monoisotopic (exact) mass is 200 g/mol. The summed E-state index contributed by atoms with van der Waals surface area (Å²) in [4.78, 5) is 3.56. The van der Waals surface area contributed by atoms with Gasteiger partial charge in [-0.3, -0.25) is 0 Å². The van der Waals surface area contributed by atoms with E-state index in [4.69, 9.17) is 0 Å². The number of hydrogen-bond donors (Lipinski definition) is 2. The molecule has 1 aromatic heterocycles. The Morgan fingerprint density at radius 2 is 2.20 bits per heavy atom. The zero-order valence-corrected chi connectivity index (χ0v) is 8.84. The van der Waals surface area contributed by atoms with E-state index in [1.54, 1.807) is 0 Å². The number of nitrogens with one attached hydrogen (secondary N) is 2. The minimum Gasteiger partial charge on any atom is -0.358 e. The predicted molar refractivity (Wildman–Crippen MR) is 62.6 cm³/mol. The molecule has 1 aliphatic carbocycles. The van der Waals surface area contributed by atoms with Crippen LogP contribution in [-0.2, 0) is 13.0 Å². The summed E-state index contributed by atoms with van der Waals surface area (Å²) in [6, 6.07) is 2.31. The Balaban J connectivity index is 1.95. The van der Waals surface area contributed by atoms with Crippen LogP contribution in [0.15, 0.2) is 24.3 Å². The van der Waals surface area contributed by atoms with Crippen LogP contribution in [0.25, 0.3) is 5.57 Å². The Kier molecular flexibility index (Phi) is 2.22. The summed E-state index contributed by atoms with van der Waals surface area (Å²) >= 11 is 0. The maximum absolute atomic E-state index is 3.56. The summed E-state index contributed by atoms with van der Waals surface area (Å²) in [5, 5.41) is 3.40. The van der Waals surface area contributed by atoms with Crippen molar-refractivity contribution in [2.45, 2.75) is 25.8 Å². The molecule has 3 rings (SSSR count). The number of aromatic nitrogens is 1. The van der Waals surface area contributed by atoms with Crippen LogP contribution in [-0.4, -0.2) is 11.5 Å². The van der Waals surface area contributed by atoms with Crippen molar-refractivity contribution in [2.75, 3.05) is 6.54 Å². The smallest absolute Gasteiger partial charge is 0.0418 e. The molecule has 1 aromatic rings. The molecule has 2 heterocycles. The lowest BCUT2D eigenvalue weighted by atomic mass is 10.0. The Bertz CT molecular complexity index is 400. The maximum atomic E-state index is 3.56. The molecule has 0 saturated carbocycles. The van der Waals surface area contributed by atoms with Crippen molar-refractivity contribution >= 4 is 5.57 Å². The molecule has 0 saturated heterocycles. The van der Waals surface area contributed by atoms with Gasteiger partial charge in [0.15, 0.2) is 0 Å². The first-order valence-corrected chi connectivity index (χ1v) is 5.71. The molecule has 0 bridgehead atoms. The molecular weight excluding hydrogens is 184 g/mol. The van der Waals surface area contributed by atoms with Gasteiger partial charge in [0.1, 0.15) is 0 Å². The Morgan fingerprint density at radius 1 is 1.20 bits per heavy atom. The number of hydrogen-bond acceptors (Lipinski definition) is 1. The first-order valence-electron chi connectivity index (χ1n) is 5.71. The zero-order valence-electron chi connectivity index (χ0n) is 8.84. The molecule has 0 unspecified atom stereocenters. The van der Waals surface area contributed by atoms with Gasteiger partial charge in [0, 0.05) is 30.9 Å². The minimum absolute atomic E-state index is 1.02. The van der Waals surface area contributed by atoms with Gasteiger partial charge in [-0.05, 0) is 30.0 Å². The largest absolute Gasteiger partial charge is 0.358 e. The number of rotatable bonds is 1. The molecule has 0 amide bonds. The van der Waals surface area contributed by atoms with Crippen molar-refractivity contribution in [3.8, 4) is 0 Å². The van der Waals surface area contributed by atoms with Gasteiger partial charge >= 0.3 is 0 Å². The summed E-state index contributed by atoms with van der Waals surface area (Å²) in [6.45, 7) is 2.13. The van der Waals surface area contributed by atoms with E-state index in [1.807, 2.05) is 0 Å². The third-order valence-electron chi connectivity index (χ3n) is 3.22. The van der Waals surface area contributed by atoms with Gasteiger partial charge in [-0.15, -0.1) is 0 Å². The SMILES string of the molecule is C1=CCCC(c2cc3c([nH]2)CCNC3)=C1. The van der Waals surface area contributed by atoms with E-state index in [-0.39, 0.29) is 0 Å². The van der Waals surface area contributed by atoms with Crippen molar-refractivity contribution in [3.63, 3.8) is 0 Å². The minimum atomic E-state index is 1.02. The molecule has 78 valence electrons. The summed E-state index contributed by atoms with van der Waals surface area (Å²) in [6.07, 6.45) is 10.1. The topological polar surface area (TPSA) is 27.8 Å². The number of H-pyrrole nitrogens is 1. The van der Waals surface area contributed by atoms with Crippen molar-refractivity contribution in [3.05, 3.63) is 41.2 Å². The highest BCUT2D eigenvalue weighted by atomic mass is 14.9. The van der Waals surface area contributed by atoms with Gasteiger partial charge in [0.25, 0.3) is 0 Å². The Labute approximate surface area is 90.1 Å². The van der Waals surface area contributed by atoms with Crippen LogP contribution in [0.4, 0.5) is 0 Å². The van der Waals surface area contributed by atoms with E-state index in [0.717, 1.165) is 19.5 Å². The molecule has 0 spiro atoms. The van der Waals surface area contributed by atoms with E-state index in [0.29, 0.717) is 0 Å². The van der Waals surface area contributed by atoms with Crippen molar-refractivity contribution in [1.29, 1.82) is 0 Å². The lowest BCUT2D eigenvalue weighted by Gasteiger charge is -2.11. The average molecular weight is 200 g/mol. The van der Waals surface area contributed by atoms with Crippen molar-refractivity contribution < 1.29 is 0 Å². The molecule has 2 heteroatoms. The molecule has 1 aliphatic heterocycles. The van der Waals surface area contributed by atoms with Gasteiger partial charge in [-0.2, -0.15) is 0 Å². The second-order valence-corrected chi connectivity index (χ2v) is 4.27. The van der Waals surface area contributed by atoms with Crippen LogP contribution >= 0.6 is 0 Å². The summed E-state index contributed by atoms with van der Waals surface area (Å²) in [7, 11) is 0. The van der Waals surface area contributed by atoms with E-state index in [9.17, 15) is 0 Å². The first kappa shape index (κ1) is 8.98. The van der Waals surface area contributed by atoms with Crippen LogP contribution in [0.2, 0.25) is 0 Å². The summed E-state index contributed by atoms with van der Waals surface area (Å²) in [5.41, 5.74) is 5.66. The van der Waals surface area contributed by atoms with E-state index in [2.05, 4.69) is 34.6 Å². The quantitative estimate of drug-likeness (QED) is 0.715. The zero-order chi connectivity index (χ0) is 10.1. The maximum Gasteiger partial charge on any atom is 0.0418 e. The molecule has 2 N–H and O–H groups in total. The second kappa shape index (κ2) is 3.70. The van der Waals surface area contributed by atoms with Crippen LogP contribution in [0.3, 0.4) is 0 Å². The van der Waals surface area contributed by atoms with Crippen molar-refractivity contribution in [2.24, 2.45) is 0 Å². The highest BCUT2D eigenvalue weighted by Gasteiger charge is 2.14. The fourth-order valence-electron chi connectivity index (χ4n) is 2.36. The van der Waals surface area contributed by atoms with Crippen LogP contribution in [0.5, 0.6) is 0 Å². The number of aromatic amines is 1. The summed E-state index contributed by atoms with van der Waals surface area (Å²) < 4.78 is 0. The lowest BCUT2D eigenvalue weighted by molar-refractivity contribution is 0.638. The fraction of sp³-hybridized carbons (Fsp3) is 0.385. The van der Waals surface area contributed by atoms with Gasteiger partial charge in [0.2, 0.25) is 0 Å². The molecule has 0 aromatic carbocycles. The molecule has 0 fully saturated rings. The molecule has 2 aliphatic rings. The van der Waals surface area contributed by atoms with Gasteiger partial charge in [0.05, 0.1) is 0 Å². The first-order chi connectivity index (χ1) is 7.43. The Hall–Kier alpha value is -1.28. The van der Waals surface area contributed by atoms with Crippen LogP contribution < -0.4 is 5.32 Å². The second-order valence-electron chi connectivity index (χ2n) is 4.27. The van der Waals surface area contributed by atoms with E-state index >= 15 is 0 Å². The molecule has 0 atom stereocenters. The van der Waals surface area contributed by atoms with Crippen LogP contribution in [0, 0.1) is 0 Å². The lowest BCUT2D eigenvalue weighted by Crippen LogP contribution is -2.22. The van der Waals surface area contributed by atoms with Crippen LogP contribution in [0.1, 0.15) is 29.8 Å². The standard InChI is InChI=1S/C13H16N2/c1-2-4-10(5-3-1)13-8-11-9-14-7-6-12(11)15-13/h1-2,4,8,14-15H,3,5-7,9H2. The number of allylic oxidation sites excluding steroid dienone is 4. The molecule has 0 radical (unpaired) electrons. The summed E-state index contributed by atoms with van der Waals surface area (Å²) in [5.74, 6) is 0. The fourth-order valence-corrected chi connectivity index (χ4v) is 2.36. The third kappa shape index (κ3) is 1.65. The van der Waals surface area contributed by atoms with Crippen molar-refractivity contribution in [1.82, 2.24) is 10.3 Å². The van der Waals surface area contributed by atoms with E-state index < -0.39 is 0 Å². The van der Waals surface area contributed by atoms with Gasteiger partial charge < -0.3 is 10.3 Å². The predicted octanol–water partition coefficient (Wildman–Crippen LogP) is 2.39. The molecule has 15 heavy (non-hydrogen) atoms. The van der Waals surface area contributed by atoms with E-state index in [1.165, 1.54) is 35.4 Å². The Morgan fingerprint density at radius 3 is 3.00 bits per heavy atom. The van der Waals surface area contributed by atoms with Gasteiger partial charge in [-0.1, -0.05) is 18.2 Å². The van der Waals surface area contributed by atoms with Gasteiger partial charge in [-0.25, -0.2) is 0 Å². The highest BCUT2D eigenvalue weighted by Crippen LogP contribution is 2.25. The molecule has 2 nitrogen and oxygen atoms in total.